The van der Waals surface area contributed by atoms with Gasteiger partial charge in [0.05, 0.1) is 6.54 Å². The van der Waals surface area contributed by atoms with E-state index in [-0.39, 0.29) is 6.54 Å². The number of likely N-dealkylation sites (N-methyl/N-ethyl adjacent to an activating group) is 1. The molecule has 2 N–H and O–H groups in total. The molecule has 0 atom stereocenters. The highest BCUT2D eigenvalue weighted by Gasteiger charge is 2.33. The second-order valence-corrected chi connectivity index (χ2v) is 6.72. The standard InChI is InChI=1S/C15H20BrClN2O2/c1-2-19(9-15(20)21)13-6-12(7-13)18-8-10-5-11(16)3-4-14(10)17/h3-5,12-13,18H,2,6-9H2,1H3,(H,20,21). The number of rotatable bonds is 7. The van der Waals surface area contributed by atoms with Gasteiger partial charge in [-0.15, -0.1) is 0 Å². The van der Waals surface area contributed by atoms with Gasteiger partial charge in [0.2, 0.25) is 0 Å². The van der Waals surface area contributed by atoms with E-state index in [1.54, 1.807) is 0 Å². The smallest absolute Gasteiger partial charge is 0.317 e. The summed E-state index contributed by atoms with van der Waals surface area (Å²) in [5.41, 5.74) is 1.08. The maximum atomic E-state index is 10.8. The van der Waals surface area contributed by atoms with E-state index in [9.17, 15) is 4.79 Å². The number of benzene rings is 1. The van der Waals surface area contributed by atoms with Gasteiger partial charge in [-0.05, 0) is 43.1 Å². The molecular weight excluding hydrogens is 356 g/mol. The molecule has 0 bridgehead atoms. The predicted octanol–water partition coefficient (Wildman–Crippen LogP) is 3.13. The first-order valence-corrected chi connectivity index (χ1v) is 8.29. The highest BCUT2D eigenvalue weighted by Crippen LogP contribution is 2.27. The fourth-order valence-corrected chi connectivity index (χ4v) is 3.25. The monoisotopic (exact) mass is 374 g/mol. The average Bonchev–Trinajstić information content (AvgIpc) is 2.38. The Hall–Kier alpha value is -0.620. The van der Waals surface area contributed by atoms with E-state index in [0.717, 1.165) is 41.0 Å². The Bertz CT molecular complexity index is 506. The minimum absolute atomic E-state index is 0.130. The molecule has 21 heavy (non-hydrogen) atoms. The first-order chi connectivity index (χ1) is 9.99. The fourth-order valence-electron chi connectivity index (χ4n) is 2.66. The van der Waals surface area contributed by atoms with Crippen LogP contribution in [0, 0.1) is 0 Å². The van der Waals surface area contributed by atoms with Gasteiger partial charge in [-0.2, -0.15) is 0 Å². The summed E-state index contributed by atoms with van der Waals surface area (Å²) in [5.74, 6) is -0.755. The summed E-state index contributed by atoms with van der Waals surface area (Å²) in [5, 5.41) is 13.1. The minimum atomic E-state index is -0.755. The van der Waals surface area contributed by atoms with Crippen LogP contribution >= 0.6 is 27.5 Å². The van der Waals surface area contributed by atoms with Gasteiger partial charge in [-0.25, -0.2) is 0 Å². The van der Waals surface area contributed by atoms with Crippen LogP contribution in [0.4, 0.5) is 0 Å². The van der Waals surface area contributed by atoms with Crippen LogP contribution in [0.2, 0.25) is 5.02 Å². The number of hydrogen-bond donors (Lipinski definition) is 2. The summed E-state index contributed by atoms with van der Waals surface area (Å²) >= 11 is 9.61. The van der Waals surface area contributed by atoms with Gasteiger partial charge < -0.3 is 10.4 Å². The second-order valence-electron chi connectivity index (χ2n) is 5.40. The van der Waals surface area contributed by atoms with Crippen molar-refractivity contribution in [2.45, 2.75) is 38.4 Å². The predicted molar refractivity (Wildman–Crippen MR) is 87.7 cm³/mol. The summed E-state index contributed by atoms with van der Waals surface area (Å²) in [7, 11) is 0. The summed E-state index contributed by atoms with van der Waals surface area (Å²) < 4.78 is 1.02. The lowest BCUT2D eigenvalue weighted by molar-refractivity contribution is -0.139. The molecule has 0 spiro atoms. The van der Waals surface area contributed by atoms with Crippen molar-refractivity contribution in [2.75, 3.05) is 13.1 Å². The van der Waals surface area contributed by atoms with E-state index in [2.05, 4.69) is 21.2 Å². The molecule has 1 fully saturated rings. The molecule has 1 aliphatic carbocycles. The number of carboxylic acids is 1. The van der Waals surface area contributed by atoms with Gasteiger partial charge >= 0.3 is 5.97 Å². The van der Waals surface area contributed by atoms with E-state index in [1.165, 1.54) is 0 Å². The third kappa shape index (κ3) is 4.68. The second kappa shape index (κ2) is 7.58. The summed E-state index contributed by atoms with van der Waals surface area (Å²) in [6.07, 6.45) is 1.99. The zero-order valence-electron chi connectivity index (χ0n) is 12.0. The van der Waals surface area contributed by atoms with Crippen molar-refractivity contribution >= 4 is 33.5 Å². The van der Waals surface area contributed by atoms with E-state index < -0.39 is 5.97 Å². The molecule has 1 aromatic carbocycles. The normalized spacial score (nSPS) is 21.3. The van der Waals surface area contributed by atoms with E-state index in [0.29, 0.717) is 12.1 Å². The van der Waals surface area contributed by atoms with Crippen LogP contribution in [0.1, 0.15) is 25.3 Å². The van der Waals surface area contributed by atoms with Crippen LogP contribution in [0.5, 0.6) is 0 Å². The molecule has 1 saturated carbocycles. The Morgan fingerprint density at radius 3 is 2.86 bits per heavy atom. The van der Waals surface area contributed by atoms with Crippen molar-refractivity contribution in [1.29, 1.82) is 0 Å². The highest BCUT2D eigenvalue weighted by molar-refractivity contribution is 9.10. The van der Waals surface area contributed by atoms with E-state index in [1.807, 2.05) is 30.0 Å². The largest absolute Gasteiger partial charge is 0.480 e. The van der Waals surface area contributed by atoms with Crippen molar-refractivity contribution in [3.05, 3.63) is 33.3 Å². The quantitative estimate of drug-likeness (QED) is 0.769. The van der Waals surface area contributed by atoms with Crippen LogP contribution in [0.15, 0.2) is 22.7 Å². The summed E-state index contributed by atoms with van der Waals surface area (Å²) in [6.45, 7) is 3.65. The van der Waals surface area contributed by atoms with Gasteiger partial charge in [-0.3, -0.25) is 9.69 Å². The first-order valence-electron chi connectivity index (χ1n) is 7.12. The SMILES string of the molecule is CCN(CC(=O)O)C1CC(NCc2cc(Br)ccc2Cl)C1. The molecular formula is C15H20BrClN2O2. The average molecular weight is 376 g/mol. The Balaban J connectivity index is 1.77. The van der Waals surface area contributed by atoms with Crippen LogP contribution in [0.25, 0.3) is 0 Å². The number of halogens is 2. The molecule has 0 radical (unpaired) electrons. The molecule has 0 amide bonds. The highest BCUT2D eigenvalue weighted by atomic mass is 79.9. The van der Waals surface area contributed by atoms with Crippen molar-refractivity contribution in [2.24, 2.45) is 0 Å². The third-order valence-corrected chi connectivity index (χ3v) is 4.83. The Labute approximate surface area is 138 Å². The number of carboxylic acid groups (broad SMARTS) is 1. The molecule has 116 valence electrons. The van der Waals surface area contributed by atoms with Crippen LogP contribution in [-0.2, 0) is 11.3 Å². The molecule has 1 aliphatic rings. The number of aliphatic carboxylic acids is 1. The lowest BCUT2D eigenvalue weighted by atomic mass is 9.85. The lowest BCUT2D eigenvalue weighted by Crippen LogP contribution is -2.53. The fraction of sp³-hybridized carbons (Fsp3) is 0.533. The molecule has 0 heterocycles. The van der Waals surface area contributed by atoms with Crippen molar-refractivity contribution in [1.82, 2.24) is 10.2 Å². The molecule has 2 rings (SSSR count). The number of carbonyl (C=O) groups is 1. The van der Waals surface area contributed by atoms with Crippen molar-refractivity contribution in [3.63, 3.8) is 0 Å². The van der Waals surface area contributed by atoms with Crippen molar-refractivity contribution in [3.8, 4) is 0 Å². The zero-order valence-corrected chi connectivity index (χ0v) is 14.3. The molecule has 0 saturated heterocycles. The molecule has 0 aliphatic heterocycles. The molecule has 4 nitrogen and oxygen atoms in total. The molecule has 1 aromatic rings. The number of nitrogens with zero attached hydrogens (tertiary/aromatic N) is 1. The minimum Gasteiger partial charge on any atom is -0.480 e. The maximum Gasteiger partial charge on any atom is 0.317 e. The van der Waals surface area contributed by atoms with E-state index in [4.69, 9.17) is 16.7 Å². The lowest BCUT2D eigenvalue weighted by Gasteiger charge is -2.42. The van der Waals surface area contributed by atoms with Crippen LogP contribution < -0.4 is 5.32 Å². The molecule has 6 heteroatoms. The van der Waals surface area contributed by atoms with Crippen LogP contribution in [-0.4, -0.2) is 41.1 Å². The number of nitrogens with one attached hydrogen (secondary N) is 1. The summed E-state index contributed by atoms with van der Waals surface area (Å²) in [6, 6.07) is 6.65. The zero-order chi connectivity index (χ0) is 15.4. The topological polar surface area (TPSA) is 52.6 Å². The van der Waals surface area contributed by atoms with Gasteiger partial charge in [-0.1, -0.05) is 34.5 Å². The Morgan fingerprint density at radius 1 is 1.52 bits per heavy atom. The van der Waals surface area contributed by atoms with Gasteiger partial charge in [0.15, 0.2) is 0 Å². The number of hydrogen-bond acceptors (Lipinski definition) is 3. The third-order valence-electron chi connectivity index (χ3n) is 3.96. The Morgan fingerprint density at radius 2 is 2.24 bits per heavy atom. The van der Waals surface area contributed by atoms with Crippen molar-refractivity contribution < 1.29 is 9.90 Å². The summed E-state index contributed by atoms with van der Waals surface area (Å²) in [4.78, 5) is 12.8. The van der Waals surface area contributed by atoms with Gasteiger partial charge in [0.25, 0.3) is 0 Å². The van der Waals surface area contributed by atoms with Gasteiger partial charge in [0, 0.05) is 28.1 Å². The van der Waals surface area contributed by atoms with E-state index >= 15 is 0 Å². The Kier molecular flexibility index (Phi) is 6.05. The molecule has 0 unspecified atom stereocenters. The molecule has 0 aromatic heterocycles. The van der Waals surface area contributed by atoms with Crippen LogP contribution in [0.3, 0.4) is 0 Å². The maximum absolute atomic E-state index is 10.8. The first kappa shape index (κ1) is 16.7. The van der Waals surface area contributed by atoms with Gasteiger partial charge in [0.1, 0.15) is 0 Å².